The molecule has 1 unspecified atom stereocenters. The van der Waals surface area contributed by atoms with Crippen molar-refractivity contribution in [3.63, 3.8) is 0 Å². The van der Waals surface area contributed by atoms with Gasteiger partial charge in [-0.15, -0.1) is 0 Å². The third kappa shape index (κ3) is 5.55. The number of amides is 1. The lowest BCUT2D eigenvalue weighted by Gasteiger charge is -2.26. The zero-order valence-electron chi connectivity index (χ0n) is 18.2. The van der Waals surface area contributed by atoms with Gasteiger partial charge in [-0.25, -0.2) is 9.97 Å². The lowest BCUT2D eigenvalue weighted by Crippen LogP contribution is -2.41. The number of aromatic nitrogens is 2. The molecule has 1 aromatic heterocycles. The van der Waals surface area contributed by atoms with Gasteiger partial charge in [0.25, 0.3) is 0 Å². The van der Waals surface area contributed by atoms with Crippen LogP contribution in [-0.4, -0.2) is 72.1 Å². The number of hydrogen-bond donors (Lipinski definition) is 1. The minimum absolute atomic E-state index is 0.0696. The van der Waals surface area contributed by atoms with Gasteiger partial charge in [0, 0.05) is 18.5 Å². The minimum atomic E-state index is -0.214. The van der Waals surface area contributed by atoms with Gasteiger partial charge in [-0.1, -0.05) is 42.1 Å². The van der Waals surface area contributed by atoms with E-state index in [2.05, 4.69) is 10.2 Å². The smallest absolute Gasteiger partial charge is 0.230 e. The molecule has 2 aliphatic heterocycles. The Balaban J connectivity index is 1.19. The van der Waals surface area contributed by atoms with Gasteiger partial charge >= 0.3 is 0 Å². The first-order valence-electron chi connectivity index (χ1n) is 11.1. The first kappa shape index (κ1) is 21.9. The van der Waals surface area contributed by atoms with Crippen LogP contribution < -0.4 is 14.8 Å². The second-order valence-electron chi connectivity index (χ2n) is 7.94. The third-order valence-electron chi connectivity index (χ3n) is 5.52. The van der Waals surface area contributed by atoms with Crippen LogP contribution in [0.4, 0.5) is 0 Å². The average Bonchev–Trinajstić information content (AvgIpc) is 2.86. The molecule has 8 nitrogen and oxygen atoms in total. The molecule has 3 heterocycles. The molecular weight excluding hydrogens is 440 g/mol. The van der Waals surface area contributed by atoms with Crippen LogP contribution in [0.3, 0.4) is 0 Å². The lowest BCUT2D eigenvalue weighted by atomic mass is 10.2. The van der Waals surface area contributed by atoms with Crippen LogP contribution in [0.15, 0.2) is 53.6 Å². The molecule has 1 atom stereocenters. The predicted molar refractivity (Wildman–Crippen MR) is 126 cm³/mol. The van der Waals surface area contributed by atoms with Crippen LogP contribution in [0.2, 0.25) is 0 Å². The van der Waals surface area contributed by atoms with E-state index in [9.17, 15) is 4.79 Å². The van der Waals surface area contributed by atoms with E-state index >= 15 is 0 Å². The van der Waals surface area contributed by atoms with Gasteiger partial charge in [0.15, 0.2) is 11.5 Å². The lowest BCUT2D eigenvalue weighted by molar-refractivity contribution is -0.119. The first-order valence-corrected chi connectivity index (χ1v) is 12.1. The minimum Gasteiger partial charge on any atom is -0.486 e. The SMILES string of the molecule is O=C(CSc1nc(CN2CCOCC2)nc2ccccc12)NCC1COc2ccccc2O1. The number of benzene rings is 2. The Bertz CT molecular complexity index is 1120. The van der Waals surface area contributed by atoms with Crippen molar-refractivity contribution < 1.29 is 19.0 Å². The van der Waals surface area contributed by atoms with Crippen LogP contribution in [0.5, 0.6) is 11.5 Å². The van der Waals surface area contributed by atoms with E-state index in [1.54, 1.807) is 0 Å². The molecule has 0 radical (unpaired) electrons. The predicted octanol–water partition coefficient (Wildman–Crippen LogP) is 2.51. The normalized spacial score (nSPS) is 18.2. The zero-order chi connectivity index (χ0) is 22.5. The van der Waals surface area contributed by atoms with Crippen molar-refractivity contribution in [2.24, 2.45) is 0 Å². The summed E-state index contributed by atoms with van der Waals surface area (Å²) < 4.78 is 17.1. The molecule has 1 saturated heterocycles. The highest BCUT2D eigenvalue weighted by molar-refractivity contribution is 8.00. The Kier molecular flexibility index (Phi) is 6.89. The molecule has 172 valence electrons. The van der Waals surface area contributed by atoms with Crippen LogP contribution >= 0.6 is 11.8 Å². The fourth-order valence-corrected chi connectivity index (χ4v) is 4.68. The first-order chi connectivity index (χ1) is 16.2. The molecule has 2 aliphatic rings. The van der Waals surface area contributed by atoms with Gasteiger partial charge in [0.2, 0.25) is 5.91 Å². The highest BCUT2D eigenvalue weighted by Gasteiger charge is 2.21. The number of carbonyl (C=O) groups excluding carboxylic acids is 1. The summed E-state index contributed by atoms with van der Waals surface area (Å²) in [7, 11) is 0. The Morgan fingerprint density at radius 3 is 2.73 bits per heavy atom. The second kappa shape index (κ2) is 10.4. The number of fused-ring (bicyclic) bond motifs is 2. The van der Waals surface area contributed by atoms with Crippen molar-refractivity contribution in [1.82, 2.24) is 20.2 Å². The number of rotatable bonds is 7. The number of para-hydroxylation sites is 3. The summed E-state index contributed by atoms with van der Waals surface area (Å²) in [6.07, 6.45) is -0.214. The quantitative estimate of drug-likeness (QED) is 0.420. The maximum atomic E-state index is 12.5. The van der Waals surface area contributed by atoms with Crippen molar-refractivity contribution in [3.05, 3.63) is 54.4 Å². The largest absolute Gasteiger partial charge is 0.486 e. The van der Waals surface area contributed by atoms with Gasteiger partial charge in [-0.05, 0) is 18.2 Å². The van der Waals surface area contributed by atoms with Crippen molar-refractivity contribution in [1.29, 1.82) is 0 Å². The topological polar surface area (TPSA) is 85.8 Å². The Labute approximate surface area is 196 Å². The molecule has 5 rings (SSSR count). The number of carbonyl (C=O) groups is 1. The molecule has 3 aromatic rings. The Morgan fingerprint density at radius 1 is 1.06 bits per heavy atom. The monoisotopic (exact) mass is 466 g/mol. The Morgan fingerprint density at radius 2 is 1.85 bits per heavy atom. The van der Waals surface area contributed by atoms with Crippen LogP contribution in [0, 0.1) is 0 Å². The molecule has 0 aliphatic carbocycles. The standard InChI is InChI=1S/C24H26N4O4S/c29-23(25-13-17-15-31-20-7-3-4-8-21(20)32-17)16-33-24-18-5-1-2-6-19(18)26-22(27-24)14-28-9-11-30-12-10-28/h1-8,17H,9-16H2,(H,25,29). The summed E-state index contributed by atoms with van der Waals surface area (Å²) in [5.41, 5.74) is 0.894. The molecule has 1 N–H and O–H groups in total. The summed E-state index contributed by atoms with van der Waals surface area (Å²) in [4.78, 5) is 24.4. The number of thioether (sulfide) groups is 1. The average molecular weight is 467 g/mol. The van der Waals surface area contributed by atoms with E-state index < -0.39 is 0 Å². The van der Waals surface area contributed by atoms with Gasteiger partial charge in [0.05, 0.1) is 37.6 Å². The third-order valence-corrected chi connectivity index (χ3v) is 6.51. The fraction of sp³-hybridized carbons (Fsp3) is 0.375. The van der Waals surface area contributed by atoms with E-state index in [-0.39, 0.29) is 17.8 Å². The molecule has 1 fully saturated rings. The van der Waals surface area contributed by atoms with Gasteiger partial charge in [-0.3, -0.25) is 9.69 Å². The van der Waals surface area contributed by atoms with Gasteiger partial charge in [-0.2, -0.15) is 0 Å². The summed E-state index contributed by atoms with van der Waals surface area (Å²) in [6.45, 7) is 4.69. The van der Waals surface area contributed by atoms with E-state index in [4.69, 9.17) is 24.2 Å². The van der Waals surface area contributed by atoms with Crippen LogP contribution in [0.25, 0.3) is 10.9 Å². The van der Waals surface area contributed by atoms with Crippen molar-refractivity contribution in [2.75, 3.05) is 45.2 Å². The Hall–Kier alpha value is -2.88. The summed E-state index contributed by atoms with van der Waals surface area (Å²) in [5.74, 6) is 2.41. The number of hydrogen-bond acceptors (Lipinski definition) is 8. The summed E-state index contributed by atoms with van der Waals surface area (Å²) in [5, 5.41) is 4.74. The van der Waals surface area contributed by atoms with E-state index in [0.29, 0.717) is 25.4 Å². The zero-order valence-corrected chi connectivity index (χ0v) is 19.1. The van der Waals surface area contributed by atoms with Crippen molar-refractivity contribution in [3.8, 4) is 11.5 Å². The molecule has 0 saturated carbocycles. The van der Waals surface area contributed by atoms with E-state index in [0.717, 1.165) is 53.8 Å². The molecule has 1 amide bonds. The maximum Gasteiger partial charge on any atom is 0.230 e. The van der Waals surface area contributed by atoms with Gasteiger partial charge in [0.1, 0.15) is 23.6 Å². The maximum absolute atomic E-state index is 12.5. The summed E-state index contributed by atoms with van der Waals surface area (Å²) in [6, 6.07) is 15.5. The fourth-order valence-electron chi connectivity index (χ4n) is 3.81. The number of morpholine rings is 1. The molecule has 2 aromatic carbocycles. The van der Waals surface area contributed by atoms with Gasteiger partial charge < -0.3 is 19.5 Å². The molecule has 0 bridgehead atoms. The van der Waals surface area contributed by atoms with Crippen LogP contribution in [-0.2, 0) is 16.1 Å². The number of ether oxygens (including phenoxy) is 3. The highest BCUT2D eigenvalue weighted by Crippen LogP contribution is 2.30. The van der Waals surface area contributed by atoms with E-state index in [1.165, 1.54) is 11.8 Å². The highest BCUT2D eigenvalue weighted by atomic mass is 32.2. The molecular formula is C24H26N4O4S. The van der Waals surface area contributed by atoms with Crippen molar-refractivity contribution in [2.45, 2.75) is 17.7 Å². The number of nitrogens with zero attached hydrogens (tertiary/aromatic N) is 3. The molecule has 33 heavy (non-hydrogen) atoms. The second-order valence-corrected chi connectivity index (χ2v) is 8.91. The number of nitrogens with one attached hydrogen (secondary N) is 1. The van der Waals surface area contributed by atoms with Crippen LogP contribution in [0.1, 0.15) is 5.82 Å². The van der Waals surface area contributed by atoms with Crippen molar-refractivity contribution >= 4 is 28.6 Å². The molecule has 0 spiro atoms. The van der Waals surface area contributed by atoms with E-state index in [1.807, 2.05) is 48.5 Å². The molecule has 9 heteroatoms. The summed E-state index contributed by atoms with van der Waals surface area (Å²) >= 11 is 1.43.